The van der Waals surface area contributed by atoms with Crippen LogP contribution in [-0.4, -0.2) is 23.8 Å². The average molecular weight is 216 g/mol. The molecule has 3 heteroatoms. The van der Waals surface area contributed by atoms with Crippen LogP contribution in [0.15, 0.2) is 0 Å². The van der Waals surface area contributed by atoms with E-state index in [1.54, 1.807) is 0 Å². The topological polar surface area (TPSA) is 46.5 Å². The SMILES string of the molecule is CCCCCCCC[C@H](O)COC(C)=O. The summed E-state index contributed by atoms with van der Waals surface area (Å²) in [6.45, 7) is 3.70. The number of carbonyl (C=O) groups excluding carboxylic acids is 1. The highest BCUT2D eigenvalue weighted by Gasteiger charge is 2.05. The lowest BCUT2D eigenvalue weighted by Gasteiger charge is -2.09. The largest absolute Gasteiger partial charge is 0.463 e. The Hall–Kier alpha value is -0.570. The van der Waals surface area contributed by atoms with Gasteiger partial charge in [-0.05, 0) is 6.42 Å². The van der Waals surface area contributed by atoms with Crippen molar-refractivity contribution >= 4 is 5.97 Å². The number of hydrogen-bond donors (Lipinski definition) is 1. The van der Waals surface area contributed by atoms with E-state index in [0.717, 1.165) is 19.3 Å². The molecule has 0 aliphatic heterocycles. The minimum absolute atomic E-state index is 0.143. The standard InChI is InChI=1S/C12H24O3/c1-3-4-5-6-7-8-9-12(14)10-15-11(2)13/h12,14H,3-10H2,1-2H3/t12-/m0/s1. The summed E-state index contributed by atoms with van der Waals surface area (Å²) in [5.74, 6) is -0.322. The van der Waals surface area contributed by atoms with Crippen LogP contribution >= 0.6 is 0 Å². The smallest absolute Gasteiger partial charge is 0.302 e. The number of esters is 1. The summed E-state index contributed by atoms with van der Waals surface area (Å²) in [5, 5.41) is 9.42. The van der Waals surface area contributed by atoms with Crippen molar-refractivity contribution in [2.24, 2.45) is 0 Å². The van der Waals surface area contributed by atoms with Gasteiger partial charge in [0.25, 0.3) is 0 Å². The van der Waals surface area contributed by atoms with Crippen LogP contribution in [0.3, 0.4) is 0 Å². The number of aliphatic hydroxyl groups excluding tert-OH is 1. The maximum Gasteiger partial charge on any atom is 0.302 e. The number of carbonyl (C=O) groups is 1. The summed E-state index contributed by atoms with van der Waals surface area (Å²) >= 11 is 0. The van der Waals surface area contributed by atoms with Gasteiger partial charge in [0, 0.05) is 6.92 Å². The van der Waals surface area contributed by atoms with E-state index in [2.05, 4.69) is 6.92 Å². The zero-order chi connectivity index (χ0) is 11.5. The molecule has 1 N–H and O–H groups in total. The van der Waals surface area contributed by atoms with Gasteiger partial charge in [-0.1, -0.05) is 45.4 Å². The quantitative estimate of drug-likeness (QED) is 0.476. The Morgan fingerprint density at radius 3 is 2.40 bits per heavy atom. The Bertz CT molecular complexity index is 157. The van der Waals surface area contributed by atoms with Crippen LogP contribution in [0, 0.1) is 0 Å². The van der Waals surface area contributed by atoms with Gasteiger partial charge in [-0.15, -0.1) is 0 Å². The molecule has 90 valence electrons. The van der Waals surface area contributed by atoms with Crippen LogP contribution in [0.1, 0.15) is 58.8 Å². The lowest BCUT2D eigenvalue weighted by Crippen LogP contribution is -2.17. The molecular formula is C12H24O3. The summed E-state index contributed by atoms with van der Waals surface area (Å²) in [4.78, 5) is 10.5. The zero-order valence-electron chi connectivity index (χ0n) is 10.00. The van der Waals surface area contributed by atoms with Crippen LogP contribution < -0.4 is 0 Å². The lowest BCUT2D eigenvalue weighted by molar-refractivity contribution is -0.144. The van der Waals surface area contributed by atoms with E-state index in [0.29, 0.717) is 0 Å². The van der Waals surface area contributed by atoms with E-state index < -0.39 is 6.10 Å². The Morgan fingerprint density at radius 2 is 1.80 bits per heavy atom. The van der Waals surface area contributed by atoms with Gasteiger partial charge in [-0.25, -0.2) is 0 Å². The molecule has 0 aliphatic rings. The van der Waals surface area contributed by atoms with Gasteiger partial charge in [0.15, 0.2) is 0 Å². The summed E-state index contributed by atoms with van der Waals surface area (Å²) in [7, 11) is 0. The van der Waals surface area contributed by atoms with Crippen molar-refractivity contribution in [1.82, 2.24) is 0 Å². The van der Waals surface area contributed by atoms with Crippen LogP contribution in [-0.2, 0) is 9.53 Å². The van der Waals surface area contributed by atoms with E-state index >= 15 is 0 Å². The molecule has 0 bridgehead atoms. The second-order valence-electron chi connectivity index (χ2n) is 4.01. The number of rotatable bonds is 9. The third-order valence-electron chi connectivity index (χ3n) is 2.37. The fourth-order valence-electron chi connectivity index (χ4n) is 1.46. The maximum absolute atomic E-state index is 10.5. The van der Waals surface area contributed by atoms with Gasteiger partial charge in [0.1, 0.15) is 6.61 Å². The van der Waals surface area contributed by atoms with Crippen molar-refractivity contribution in [3.63, 3.8) is 0 Å². The van der Waals surface area contributed by atoms with Gasteiger partial charge >= 0.3 is 5.97 Å². The summed E-state index contributed by atoms with van der Waals surface area (Å²) in [5.41, 5.74) is 0. The molecule has 1 atom stereocenters. The predicted octanol–water partition coefficient (Wildman–Crippen LogP) is 2.66. The van der Waals surface area contributed by atoms with Crippen LogP contribution in [0.2, 0.25) is 0 Å². The van der Waals surface area contributed by atoms with E-state index in [1.807, 2.05) is 0 Å². The van der Waals surface area contributed by atoms with E-state index in [-0.39, 0.29) is 12.6 Å². The fraction of sp³-hybridized carbons (Fsp3) is 0.917. The molecule has 0 fully saturated rings. The fourth-order valence-corrected chi connectivity index (χ4v) is 1.46. The predicted molar refractivity (Wildman–Crippen MR) is 60.6 cm³/mol. The molecule has 0 aromatic carbocycles. The summed E-state index contributed by atoms with van der Waals surface area (Å²) in [6.07, 6.45) is 7.53. The molecule has 15 heavy (non-hydrogen) atoms. The van der Waals surface area contributed by atoms with Crippen molar-refractivity contribution < 1.29 is 14.6 Å². The third kappa shape index (κ3) is 11.4. The average Bonchev–Trinajstić information content (AvgIpc) is 2.20. The molecule has 0 saturated heterocycles. The maximum atomic E-state index is 10.5. The first kappa shape index (κ1) is 14.4. The third-order valence-corrected chi connectivity index (χ3v) is 2.37. The number of ether oxygens (including phenoxy) is 1. The van der Waals surface area contributed by atoms with Crippen molar-refractivity contribution in [2.45, 2.75) is 64.9 Å². The molecule has 0 aliphatic carbocycles. The number of unbranched alkanes of at least 4 members (excludes halogenated alkanes) is 5. The molecule has 0 aromatic rings. The first-order valence-electron chi connectivity index (χ1n) is 5.98. The normalized spacial score (nSPS) is 12.5. The lowest BCUT2D eigenvalue weighted by atomic mass is 10.1. The minimum atomic E-state index is -0.486. The highest BCUT2D eigenvalue weighted by Crippen LogP contribution is 2.08. The molecule has 3 nitrogen and oxygen atoms in total. The van der Waals surface area contributed by atoms with Gasteiger partial charge in [-0.2, -0.15) is 0 Å². The Balaban J connectivity index is 3.16. The van der Waals surface area contributed by atoms with Crippen molar-refractivity contribution in [3.05, 3.63) is 0 Å². The molecule has 0 heterocycles. The summed E-state index contributed by atoms with van der Waals surface area (Å²) < 4.78 is 4.71. The first-order chi connectivity index (χ1) is 7.16. The van der Waals surface area contributed by atoms with E-state index in [1.165, 1.54) is 32.6 Å². The Kier molecular flexibility index (Phi) is 9.59. The van der Waals surface area contributed by atoms with Crippen LogP contribution in [0.4, 0.5) is 0 Å². The second kappa shape index (κ2) is 9.97. The van der Waals surface area contributed by atoms with Crippen LogP contribution in [0.5, 0.6) is 0 Å². The number of hydrogen-bond acceptors (Lipinski definition) is 3. The molecule has 0 unspecified atom stereocenters. The van der Waals surface area contributed by atoms with Crippen LogP contribution in [0.25, 0.3) is 0 Å². The zero-order valence-corrected chi connectivity index (χ0v) is 10.00. The Labute approximate surface area is 92.8 Å². The van der Waals surface area contributed by atoms with Crippen molar-refractivity contribution in [3.8, 4) is 0 Å². The molecule has 0 rings (SSSR count). The highest BCUT2D eigenvalue weighted by atomic mass is 16.5. The van der Waals surface area contributed by atoms with Crippen molar-refractivity contribution in [1.29, 1.82) is 0 Å². The molecule has 0 saturated carbocycles. The highest BCUT2D eigenvalue weighted by molar-refractivity contribution is 5.65. The first-order valence-corrected chi connectivity index (χ1v) is 5.98. The molecule has 0 spiro atoms. The van der Waals surface area contributed by atoms with Gasteiger partial charge in [0.05, 0.1) is 6.10 Å². The molecule has 0 radical (unpaired) electrons. The number of aliphatic hydroxyl groups is 1. The molecule has 0 amide bonds. The summed E-state index contributed by atoms with van der Waals surface area (Å²) in [6, 6.07) is 0. The van der Waals surface area contributed by atoms with Gasteiger partial charge < -0.3 is 9.84 Å². The minimum Gasteiger partial charge on any atom is -0.463 e. The van der Waals surface area contributed by atoms with Gasteiger partial charge in [0.2, 0.25) is 0 Å². The van der Waals surface area contributed by atoms with Crippen molar-refractivity contribution in [2.75, 3.05) is 6.61 Å². The molecule has 0 aromatic heterocycles. The van der Waals surface area contributed by atoms with E-state index in [4.69, 9.17) is 4.74 Å². The monoisotopic (exact) mass is 216 g/mol. The Morgan fingerprint density at radius 1 is 1.20 bits per heavy atom. The van der Waals surface area contributed by atoms with E-state index in [9.17, 15) is 9.90 Å². The second-order valence-corrected chi connectivity index (χ2v) is 4.01. The molecular weight excluding hydrogens is 192 g/mol. The van der Waals surface area contributed by atoms with Gasteiger partial charge in [-0.3, -0.25) is 4.79 Å².